The Kier molecular flexibility index (Phi) is 4.68. The maximum atomic E-state index is 11.8. The minimum Gasteiger partial charge on any atom is -0.481 e. The first-order valence-corrected chi connectivity index (χ1v) is 6.84. The third-order valence-corrected chi connectivity index (χ3v) is 3.47. The Morgan fingerprint density at radius 1 is 1.25 bits per heavy atom. The molecule has 20 heavy (non-hydrogen) atoms. The van der Waals surface area contributed by atoms with Gasteiger partial charge < -0.3 is 10.0 Å². The zero-order valence-electron chi connectivity index (χ0n) is 10.6. The number of hydrogen-bond acceptors (Lipinski definition) is 2. The zero-order chi connectivity index (χ0) is 14.7. The lowest BCUT2D eigenvalue weighted by molar-refractivity contribution is -0.143. The molecule has 0 aromatic heterocycles. The van der Waals surface area contributed by atoms with E-state index < -0.39 is 5.97 Å². The number of carbonyl (C=O) groups excluding carboxylic acids is 1. The molecule has 1 aliphatic rings. The van der Waals surface area contributed by atoms with Crippen molar-refractivity contribution >= 4 is 41.2 Å². The molecule has 0 aliphatic carbocycles. The molecule has 6 heteroatoms. The second-order valence-corrected chi connectivity index (χ2v) is 5.62. The Balaban J connectivity index is 1.89. The highest BCUT2D eigenvalue weighted by Gasteiger charge is 2.30. The smallest absolute Gasteiger partial charge is 0.303 e. The van der Waals surface area contributed by atoms with Crippen LogP contribution in [-0.4, -0.2) is 35.0 Å². The number of nitrogens with zero attached hydrogens (tertiary/aromatic N) is 1. The Hall–Kier alpha value is -1.52. The Morgan fingerprint density at radius 2 is 1.85 bits per heavy atom. The van der Waals surface area contributed by atoms with Gasteiger partial charge >= 0.3 is 5.97 Å². The lowest BCUT2D eigenvalue weighted by Gasteiger charge is -2.37. The number of aliphatic carboxylic acids is 1. The molecule has 0 spiro atoms. The summed E-state index contributed by atoms with van der Waals surface area (Å²) in [4.78, 5) is 23.9. The standard InChI is InChI=1S/C14H13Cl2NO3/c15-11-3-9(4-12(16)6-11)1-2-13(18)17-7-10(8-17)5-14(19)20/h1-4,6,10H,5,7-8H2,(H,19,20). The molecule has 0 radical (unpaired) electrons. The van der Waals surface area contributed by atoms with Crippen LogP contribution >= 0.6 is 23.2 Å². The molecule has 0 saturated carbocycles. The van der Waals surface area contributed by atoms with Crippen LogP contribution in [-0.2, 0) is 9.59 Å². The number of carboxylic acids is 1. The predicted octanol–water partition coefficient (Wildman–Crippen LogP) is 2.94. The van der Waals surface area contributed by atoms with Gasteiger partial charge in [-0.3, -0.25) is 9.59 Å². The minimum atomic E-state index is -0.828. The molecule has 1 aromatic carbocycles. The number of hydrogen-bond donors (Lipinski definition) is 1. The minimum absolute atomic E-state index is 0.0606. The number of amides is 1. The van der Waals surface area contributed by atoms with Gasteiger partial charge in [0.25, 0.3) is 0 Å². The van der Waals surface area contributed by atoms with Crippen LogP contribution in [0, 0.1) is 5.92 Å². The normalized spacial score (nSPS) is 15.4. The third kappa shape index (κ3) is 3.99. The van der Waals surface area contributed by atoms with Crippen molar-refractivity contribution in [3.63, 3.8) is 0 Å². The zero-order valence-corrected chi connectivity index (χ0v) is 12.1. The molecule has 1 amide bonds. The van der Waals surface area contributed by atoms with E-state index in [1.54, 1.807) is 29.2 Å². The average Bonchev–Trinajstić information content (AvgIpc) is 2.29. The highest BCUT2D eigenvalue weighted by molar-refractivity contribution is 6.34. The van der Waals surface area contributed by atoms with Crippen molar-refractivity contribution in [1.29, 1.82) is 0 Å². The van der Waals surface area contributed by atoms with Crippen molar-refractivity contribution in [3.05, 3.63) is 39.9 Å². The van der Waals surface area contributed by atoms with Crippen molar-refractivity contribution in [2.45, 2.75) is 6.42 Å². The van der Waals surface area contributed by atoms with E-state index in [0.29, 0.717) is 23.1 Å². The molecule has 106 valence electrons. The Bertz CT molecular complexity index is 545. The summed E-state index contributed by atoms with van der Waals surface area (Å²) >= 11 is 11.7. The Morgan fingerprint density at radius 3 is 2.40 bits per heavy atom. The van der Waals surface area contributed by atoms with Crippen molar-refractivity contribution in [2.24, 2.45) is 5.92 Å². The maximum Gasteiger partial charge on any atom is 0.303 e. The van der Waals surface area contributed by atoms with E-state index in [0.717, 1.165) is 5.56 Å². The summed E-state index contributed by atoms with van der Waals surface area (Å²) in [6.07, 6.45) is 3.20. The molecule has 1 aromatic rings. The van der Waals surface area contributed by atoms with E-state index in [2.05, 4.69) is 0 Å². The molecule has 0 bridgehead atoms. The van der Waals surface area contributed by atoms with Crippen LogP contribution in [0.15, 0.2) is 24.3 Å². The molecule has 1 heterocycles. The van der Waals surface area contributed by atoms with Gasteiger partial charge in [-0.2, -0.15) is 0 Å². The van der Waals surface area contributed by atoms with Gasteiger partial charge in [-0.05, 0) is 29.8 Å². The molecule has 1 fully saturated rings. The van der Waals surface area contributed by atoms with Crippen LogP contribution < -0.4 is 0 Å². The summed E-state index contributed by atoms with van der Waals surface area (Å²) in [6, 6.07) is 5.04. The van der Waals surface area contributed by atoms with Crippen LogP contribution in [0.1, 0.15) is 12.0 Å². The SMILES string of the molecule is O=C(O)CC1CN(C(=O)C=Cc2cc(Cl)cc(Cl)c2)C1. The van der Waals surface area contributed by atoms with E-state index in [4.69, 9.17) is 28.3 Å². The molecular formula is C14H13Cl2NO3. The predicted molar refractivity (Wildman–Crippen MR) is 77.8 cm³/mol. The number of likely N-dealkylation sites (tertiary alicyclic amines) is 1. The second-order valence-electron chi connectivity index (χ2n) is 4.74. The van der Waals surface area contributed by atoms with Gasteiger partial charge in [0.15, 0.2) is 0 Å². The maximum absolute atomic E-state index is 11.8. The molecule has 0 atom stereocenters. The molecule has 0 unspecified atom stereocenters. The van der Waals surface area contributed by atoms with Crippen LogP contribution in [0.5, 0.6) is 0 Å². The number of halogens is 2. The molecule has 4 nitrogen and oxygen atoms in total. The van der Waals surface area contributed by atoms with Crippen molar-refractivity contribution in [1.82, 2.24) is 4.90 Å². The highest BCUT2D eigenvalue weighted by atomic mass is 35.5. The fraction of sp³-hybridized carbons (Fsp3) is 0.286. The number of carbonyl (C=O) groups is 2. The Labute approximate surface area is 126 Å². The largest absolute Gasteiger partial charge is 0.481 e. The van der Waals surface area contributed by atoms with E-state index in [1.807, 2.05) is 0 Å². The third-order valence-electron chi connectivity index (χ3n) is 3.04. The van der Waals surface area contributed by atoms with E-state index in [-0.39, 0.29) is 18.2 Å². The van der Waals surface area contributed by atoms with Gasteiger partial charge in [-0.1, -0.05) is 23.2 Å². The summed E-state index contributed by atoms with van der Waals surface area (Å²) in [5.74, 6) is -0.903. The summed E-state index contributed by atoms with van der Waals surface area (Å²) < 4.78 is 0. The van der Waals surface area contributed by atoms with Gasteiger partial charge in [0.05, 0.1) is 6.42 Å². The number of rotatable bonds is 4. The van der Waals surface area contributed by atoms with Gasteiger partial charge in [0.2, 0.25) is 5.91 Å². The first kappa shape index (κ1) is 14.9. The first-order valence-electron chi connectivity index (χ1n) is 6.09. The summed E-state index contributed by atoms with van der Waals surface area (Å²) in [5.41, 5.74) is 0.749. The van der Waals surface area contributed by atoms with Gasteiger partial charge in [-0.15, -0.1) is 0 Å². The lowest BCUT2D eigenvalue weighted by atomic mass is 9.96. The molecule has 1 saturated heterocycles. The van der Waals surface area contributed by atoms with E-state index in [9.17, 15) is 9.59 Å². The van der Waals surface area contributed by atoms with E-state index in [1.165, 1.54) is 6.08 Å². The summed E-state index contributed by atoms with van der Waals surface area (Å²) in [6.45, 7) is 0.984. The summed E-state index contributed by atoms with van der Waals surface area (Å²) in [7, 11) is 0. The topological polar surface area (TPSA) is 57.6 Å². The van der Waals surface area contributed by atoms with Gasteiger partial charge in [-0.25, -0.2) is 0 Å². The van der Waals surface area contributed by atoms with Crippen molar-refractivity contribution in [3.8, 4) is 0 Å². The van der Waals surface area contributed by atoms with E-state index >= 15 is 0 Å². The van der Waals surface area contributed by atoms with Crippen LogP contribution in [0.3, 0.4) is 0 Å². The van der Waals surface area contributed by atoms with Crippen LogP contribution in [0.25, 0.3) is 6.08 Å². The highest BCUT2D eigenvalue weighted by Crippen LogP contribution is 2.21. The van der Waals surface area contributed by atoms with Crippen LogP contribution in [0.2, 0.25) is 10.0 Å². The fourth-order valence-corrected chi connectivity index (χ4v) is 2.61. The molecule has 1 aliphatic heterocycles. The molecular weight excluding hydrogens is 301 g/mol. The fourth-order valence-electron chi connectivity index (χ4n) is 2.07. The van der Waals surface area contributed by atoms with Crippen molar-refractivity contribution in [2.75, 3.05) is 13.1 Å². The lowest BCUT2D eigenvalue weighted by Crippen LogP contribution is -2.49. The quantitative estimate of drug-likeness (QED) is 0.869. The number of carboxylic acid groups (broad SMARTS) is 1. The van der Waals surface area contributed by atoms with Gasteiger partial charge in [0.1, 0.15) is 0 Å². The molecule has 2 rings (SSSR count). The van der Waals surface area contributed by atoms with Crippen LogP contribution in [0.4, 0.5) is 0 Å². The van der Waals surface area contributed by atoms with Crippen molar-refractivity contribution < 1.29 is 14.7 Å². The number of benzene rings is 1. The summed E-state index contributed by atoms with van der Waals surface area (Å²) in [5, 5.41) is 9.65. The second kappa shape index (κ2) is 6.29. The van der Waals surface area contributed by atoms with Gasteiger partial charge in [0, 0.05) is 35.1 Å². The molecule has 1 N–H and O–H groups in total. The average molecular weight is 314 g/mol. The first-order chi connectivity index (χ1) is 9.44. The monoisotopic (exact) mass is 313 g/mol.